The number of fused-ring (bicyclic) bond motifs is 2. The smallest absolute Gasteiger partial charge is 0.368 e. The van der Waals surface area contributed by atoms with Crippen LogP contribution in [0.15, 0.2) is 0 Å². The van der Waals surface area contributed by atoms with Crippen LogP contribution in [0.5, 0.6) is 0 Å². The van der Waals surface area contributed by atoms with Gasteiger partial charge in [0, 0.05) is 6.04 Å². The molecule has 0 spiro atoms. The van der Waals surface area contributed by atoms with Crippen LogP contribution in [0.1, 0.15) is 33.6 Å². The first-order valence-corrected chi connectivity index (χ1v) is 7.13. The molecule has 0 N–H and O–H groups in total. The standard InChI is InChI=1S/C9H18O3Si/c1-4-5-6-13-10-7(2)9(12-13)8(3)11-13/h7-9H,4-6H2,1-3H3/t7-,8+,9?,13?. The third kappa shape index (κ3) is 1.56. The van der Waals surface area contributed by atoms with Gasteiger partial charge in [-0.15, -0.1) is 0 Å². The van der Waals surface area contributed by atoms with Crippen LogP contribution in [0.4, 0.5) is 0 Å². The molecule has 76 valence electrons. The molecule has 0 aliphatic carbocycles. The molecule has 0 aromatic carbocycles. The molecule has 2 aliphatic heterocycles. The monoisotopic (exact) mass is 202 g/mol. The van der Waals surface area contributed by atoms with Crippen molar-refractivity contribution in [2.75, 3.05) is 0 Å². The average Bonchev–Trinajstić information content (AvgIpc) is 2.55. The van der Waals surface area contributed by atoms with Gasteiger partial charge in [-0.3, -0.25) is 0 Å². The van der Waals surface area contributed by atoms with Crippen LogP contribution in [0.3, 0.4) is 0 Å². The third-order valence-electron chi connectivity index (χ3n) is 2.81. The minimum atomic E-state index is -2.18. The molecule has 0 aromatic heterocycles. The lowest BCUT2D eigenvalue weighted by molar-refractivity contribution is 0.0405. The van der Waals surface area contributed by atoms with Gasteiger partial charge in [-0.1, -0.05) is 13.3 Å². The summed E-state index contributed by atoms with van der Waals surface area (Å²) in [6.45, 7) is 6.36. The molecule has 13 heavy (non-hydrogen) atoms. The molecular formula is C9H18O3Si. The van der Waals surface area contributed by atoms with Gasteiger partial charge in [0.1, 0.15) is 0 Å². The maximum Gasteiger partial charge on any atom is 0.502 e. The van der Waals surface area contributed by atoms with Crippen LogP contribution < -0.4 is 0 Å². The van der Waals surface area contributed by atoms with Crippen LogP contribution in [-0.4, -0.2) is 27.1 Å². The number of hydrogen-bond donors (Lipinski definition) is 0. The van der Waals surface area contributed by atoms with Gasteiger partial charge in [0.25, 0.3) is 0 Å². The molecule has 0 aromatic rings. The summed E-state index contributed by atoms with van der Waals surface area (Å²) in [6, 6.07) is 0.995. The van der Waals surface area contributed by atoms with Crippen molar-refractivity contribution < 1.29 is 13.3 Å². The summed E-state index contributed by atoms with van der Waals surface area (Å²) in [5, 5.41) is 0. The second kappa shape index (κ2) is 3.35. The van der Waals surface area contributed by atoms with Gasteiger partial charge in [-0.2, -0.15) is 0 Å². The van der Waals surface area contributed by atoms with E-state index < -0.39 is 8.80 Å². The van der Waals surface area contributed by atoms with Gasteiger partial charge in [0.2, 0.25) is 0 Å². The molecule has 4 heteroatoms. The largest absolute Gasteiger partial charge is 0.502 e. The van der Waals surface area contributed by atoms with E-state index in [1.54, 1.807) is 0 Å². The summed E-state index contributed by atoms with van der Waals surface area (Å²) in [5.41, 5.74) is 0. The maximum absolute atomic E-state index is 5.88. The molecule has 2 heterocycles. The molecule has 2 saturated heterocycles. The number of hydrogen-bond acceptors (Lipinski definition) is 3. The van der Waals surface area contributed by atoms with E-state index in [0.717, 1.165) is 12.5 Å². The molecule has 0 saturated carbocycles. The highest BCUT2D eigenvalue weighted by molar-refractivity contribution is 6.62. The second-order valence-electron chi connectivity index (χ2n) is 4.01. The minimum Gasteiger partial charge on any atom is -0.368 e. The first-order chi connectivity index (χ1) is 6.17. The van der Waals surface area contributed by atoms with Gasteiger partial charge < -0.3 is 13.3 Å². The molecule has 2 aliphatic rings. The minimum absolute atomic E-state index is 0.198. The van der Waals surface area contributed by atoms with E-state index in [4.69, 9.17) is 13.3 Å². The van der Waals surface area contributed by atoms with Crippen molar-refractivity contribution in [3.05, 3.63) is 0 Å². The predicted octanol–water partition coefficient (Wildman–Crippen LogP) is 1.95. The quantitative estimate of drug-likeness (QED) is 0.655. The molecule has 2 fully saturated rings. The van der Waals surface area contributed by atoms with Crippen LogP contribution in [0, 0.1) is 0 Å². The Kier molecular flexibility index (Phi) is 2.48. The second-order valence-corrected chi connectivity index (χ2v) is 6.59. The fraction of sp³-hybridized carbons (Fsp3) is 1.00. The molecule has 0 amide bonds. The van der Waals surface area contributed by atoms with E-state index in [0.29, 0.717) is 0 Å². The van der Waals surface area contributed by atoms with E-state index >= 15 is 0 Å². The van der Waals surface area contributed by atoms with Crippen LogP contribution >= 0.6 is 0 Å². The van der Waals surface area contributed by atoms with Gasteiger partial charge in [0.15, 0.2) is 0 Å². The van der Waals surface area contributed by atoms with Crippen molar-refractivity contribution >= 4 is 8.80 Å². The summed E-state index contributed by atoms with van der Waals surface area (Å²) < 4.78 is 17.5. The van der Waals surface area contributed by atoms with E-state index in [1.165, 1.54) is 6.42 Å². The molecule has 2 unspecified atom stereocenters. The normalized spacial score (nSPS) is 48.7. The highest BCUT2D eigenvalue weighted by atomic mass is 28.4. The Morgan fingerprint density at radius 2 is 1.69 bits per heavy atom. The van der Waals surface area contributed by atoms with E-state index in [1.807, 2.05) is 0 Å². The average molecular weight is 202 g/mol. The number of unbranched alkanes of at least 4 members (excludes halogenated alkanes) is 1. The summed E-state index contributed by atoms with van der Waals surface area (Å²) in [7, 11) is -2.18. The highest BCUT2D eigenvalue weighted by Gasteiger charge is 2.60. The van der Waals surface area contributed by atoms with Gasteiger partial charge in [-0.25, -0.2) is 0 Å². The SMILES string of the molecule is CCCC[Si]12OC([C@H](C)O1)[C@@H](C)O2. The van der Waals surface area contributed by atoms with Gasteiger partial charge >= 0.3 is 8.80 Å². The predicted molar refractivity (Wildman–Crippen MR) is 51.4 cm³/mol. The van der Waals surface area contributed by atoms with Crippen molar-refractivity contribution in [3.8, 4) is 0 Å². The lowest BCUT2D eigenvalue weighted by Crippen LogP contribution is -2.43. The Morgan fingerprint density at radius 3 is 2.15 bits per heavy atom. The third-order valence-corrected chi connectivity index (χ3v) is 5.87. The topological polar surface area (TPSA) is 27.7 Å². The van der Waals surface area contributed by atoms with Gasteiger partial charge in [-0.05, 0) is 20.3 Å². The molecule has 0 radical (unpaired) electrons. The summed E-state index contributed by atoms with van der Waals surface area (Å²) in [6.07, 6.45) is 3.01. The van der Waals surface area contributed by atoms with Crippen LogP contribution in [0.2, 0.25) is 6.04 Å². The maximum atomic E-state index is 5.88. The van der Waals surface area contributed by atoms with E-state index in [-0.39, 0.29) is 18.3 Å². The first-order valence-electron chi connectivity index (χ1n) is 5.20. The zero-order chi connectivity index (χ0) is 9.47. The Hall–Kier alpha value is 0.0969. The fourth-order valence-corrected chi connectivity index (χ4v) is 5.64. The molecule has 4 atom stereocenters. The zero-order valence-corrected chi connectivity index (χ0v) is 9.58. The Labute approximate surface area is 80.7 Å². The highest BCUT2D eigenvalue weighted by Crippen LogP contribution is 2.40. The van der Waals surface area contributed by atoms with Crippen LogP contribution in [-0.2, 0) is 13.3 Å². The van der Waals surface area contributed by atoms with E-state index in [2.05, 4.69) is 20.8 Å². The summed E-state index contributed by atoms with van der Waals surface area (Å²) in [5.74, 6) is 0. The van der Waals surface area contributed by atoms with Crippen molar-refractivity contribution in [1.29, 1.82) is 0 Å². The van der Waals surface area contributed by atoms with E-state index in [9.17, 15) is 0 Å². The molecule has 2 bridgehead atoms. The van der Waals surface area contributed by atoms with Gasteiger partial charge in [0.05, 0.1) is 18.3 Å². The van der Waals surface area contributed by atoms with Crippen molar-refractivity contribution in [3.63, 3.8) is 0 Å². The van der Waals surface area contributed by atoms with Crippen molar-refractivity contribution in [2.45, 2.75) is 58.0 Å². The molecular weight excluding hydrogens is 184 g/mol. The van der Waals surface area contributed by atoms with Crippen LogP contribution in [0.25, 0.3) is 0 Å². The van der Waals surface area contributed by atoms with Crippen molar-refractivity contribution in [2.24, 2.45) is 0 Å². The fourth-order valence-electron chi connectivity index (χ4n) is 2.13. The lowest BCUT2D eigenvalue weighted by Gasteiger charge is -2.26. The Bertz CT molecular complexity index is 185. The van der Waals surface area contributed by atoms with Crippen molar-refractivity contribution in [1.82, 2.24) is 0 Å². The zero-order valence-electron chi connectivity index (χ0n) is 8.58. The first kappa shape index (κ1) is 9.64. The molecule has 3 nitrogen and oxygen atoms in total. The summed E-state index contributed by atoms with van der Waals surface area (Å²) in [4.78, 5) is 0. The Morgan fingerprint density at radius 1 is 1.08 bits per heavy atom. The number of rotatable bonds is 3. The summed E-state index contributed by atoms with van der Waals surface area (Å²) >= 11 is 0. The Balaban J connectivity index is 2.00. The lowest BCUT2D eigenvalue weighted by atomic mass is 10.1. The molecule has 2 rings (SSSR count).